The van der Waals surface area contributed by atoms with Crippen LogP contribution in [0.5, 0.6) is 5.75 Å². The van der Waals surface area contributed by atoms with Crippen molar-refractivity contribution in [2.24, 2.45) is 4.99 Å². The first-order valence-corrected chi connectivity index (χ1v) is 8.51. The van der Waals surface area contributed by atoms with Gasteiger partial charge in [0.15, 0.2) is 5.70 Å². The average Bonchev–Trinajstić information content (AvgIpc) is 3.03. The quantitative estimate of drug-likeness (QED) is 0.332. The third-order valence-electron chi connectivity index (χ3n) is 4.06. The second-order valence-corrected chi connectivity index (χ2v) is 6.01. The minimum absolute atomic E-state index is 0.0410. The molecule has 0 amide bonds. The lowest BCUT2D eigenvalue weighted by Gasteiger charge is -2.14. The number of aliphatic imine (C=N–C) groups is 1. The van der Waals surface area contributed by atoms with Gasteiger partial charge in [0.05, 0.1) is 11.0 Å². The molecule has 138 valence electrons. The molecule has 2 aromatic carbocycles. The topological polar surface area (TPSA) is 91.0 Å². The molecule has 3 rings (SSSR count). The monoisotopic (exact) mass is 366 g/mol. The van der Waals surface area contributed by atoms with Crippen LogP contribution in [0.4, 0.5) is 5.69 Å². The molecule has 7 heteroatoms. The summed E-state index contributed by atoms with van der Waals surface area (Å²) in [6, 6.07) is 13.0. The zero-order valence-electron chi connectivity index (χ0n) is 14.9. The number of hydrogen-bond acceptors (Lipinski definition) is 6. The third-order valence-corrected chi connectivity index (χ3v) is 4.06. The fourth-order valence-corrected chi connectivity index (χ4v) is 2.41. The van der Waals surface area contributed by atoms with Crippen molar-refractivity contribution in [2.45, 2.75) is 26.4 Å². The van der Waals surface area contributed by atoms with E-state index in [0.29, 0.717) is 11.3 Å². The fraction of sp³-hybridized carbons (Fsp3) is 0.200. The van der Waals surface area contributed by atoms with Gasteiger partial charge in [-0.05, 0) is 37.6 Å². The molecule has 1 aliphatic rings. The smallest absolute Gasteiger partial charge is 0.363 e. The van der Waals surface area contributed by atoms with E-state index < -0.39 is 10.9 Å². The number of ether oxygens (including phenoxy) is 2. The van der Waals surface area contributed by atoms with E-state index in [1.54, 1.807) is 6.08 Å². The number of esters is 1. The Morgan fingerprint density at radius 1 is 1.22 bits per heavy atom. The summed E-state index contributed by atoms with van der Waals surface area (Å²) in [5.74, 6) is 0.189. The van der Waals surface area contributed by atoms with Gasteiger partial charge in [0.25, 0.3) is 5.69 Å². The predicted molar refractivity (Wildman–Crippen MR) is 101 cm³/mol. The van der Waals surface area contributed by atoms with E-state index in [2.05, 4.69) is 4.99 Å². The first-order valence-electron chi connectivity index (χ1n) is 8.51. The molecular formula is C20H18N2O5. The van der Waals surface area contributed by atoms with Crippen LogP contribution < -0.4 is 4.74 Å². The van der Waals surface area contributed by atoms with Gasteiger partial charge in [-0.25, -0.2) is 9.79 Å². The van der Waals surface area contributed by atoms with Crippen LogP contribution in [0.25, 0.3) is 6.08 Å². The molecule has 27 heavy (non-hydrogen) atoms. The van der Waals surface area contributed by atoms with Gasteiger partial charge in [-0.3, -0.25) is 10.1 Å². The SMILES string of the molecule is CCC(C)Oc1ccccc1/C=C1\N=C(c2ccc([N+](=O)[O-])cc2)OC1=O. The van der Waals surface area contributed by atoms with Crippen molar-refractivity contribution >= 4 is 23.6 Å². The maximum absolute atomic E-state index is 12.2. The number of hydrogen-bond donors (Lipinski definition) is 0. The molecule has 1 aliphatic heterocycles. The van der Waals surface area contributed by atoms with Crippen LogP contribution in [0.1, 0.15) is 31.4 Å². The van der Waals surface area contributed by atoms with Gasteiger partial charge in [0.1, 0.15) is 5.75 Å². The van der Waals surface area contributed by atoms with Gasteiger partial charge in [-0.2, -0.15) is 0 Å². The second kappa shape index (κ2) is 7.82. The summed E-state index contributed by atoms with van der Waals surface area (Å²) in [7, 11) is 0. The number of carbonyl (C=O) groups is 1. The Bertz CT molecular complexity index is 932. The highest BCUT2D eigenvalue weighted by Crippen LogP contribution is 2.26. The van der Waals surface area contributed by atoms with E-state index in [0.717, 1.165) is 12.0 Å². The van der Waals surface area contributed by atoms with Crippen molar-refractivity contribution in [2.75, 3.05) is 0 Å². The second-order valence-electron chi connectivity index (χ2n) is 6.01. The van der Waals surface area contributed by atoms with E-state index in [1.165, 1.54) is 24.3 Å². The van der Waals surface area contributed by atoms with Crippen LogP contribution in [-0.2, 0) is 9.53 Å². The number of nitrogens with zero attached hydrogens (tertiary/aromatic N) is 2. The number of non-ortho nitro benzene ring substituents is 1. The summed E-state index contributed by atoms with van der Waals surface area (Å²) >= 11 is 0. The summed E-state index contributed by atoms with van der Waals surface area (Å²) in [5.41, 5.74) is 1.30. The molecule has 0 radical (unpaired) electrons. The predicted octanol–water partition coefficient (Wildman–Crippen LogP) is 4.12. The Balaban J connectivity index is 1.89. The molecule has 0 aromatic heterocycles. The highest BCUT2D eigenvalue weighted by atomic mass is 16.6. The Kier molecular flexibility index (Phi) is 5.30. The van der Waals surface area contributed by atoms with Crippen LogP contribution >= 0.6 is 0 Å². The highest BCUT2D eigenvalue weighted by molar-refractivity contribution is 6.13. The van der Waals surface area contributed by atoms with Crippen molar-refractivity contribution in [1.82, 2.24) is 0 Å². The molecule has 1 atom stereocenters. The number of para-hydroxylation sites is 1. The molecule has 0 fully saturated rings. The normalized spacial score (nSPS) is 16.0. The van der Waals surface area contributed by atoms with Crippen LogP contribution in [0.15, 0.2) is 59.2 Å². The van der Waals surface area contributed by atoms with Gasteiger partial charge in [0.2, 0.25) is 5.90 Å². The molecule has 7 nitrogen and oxygen atoms in total. The van der Waals surface area contributed by atoms with Gasteiger partial charge < -0.3 is 9.47 Å². The summed E-state index contributed by atoms with van der Waals surface area (Å²) < 4.78 is 11.1. The van der Waals surface area contributed by atoms with E-state index >= 15 is 0 Å². The van der Waals surface area contributed by atoms with Crippen LogP contribution in [0, 0.1) is 10.1 Å². The van der Waals surface area contributed by atoms with Crippen molar-refractivity contribution in [3.8, 4) is 5.75 Å². The van der Waals surface area contributed by atoms with Crippen LogP contribution in [-0.4, -0.2) is 22.9 Å². The molecule has 0 aliphatic carbocycles. The first-order chi connectivity index (χ1) is 13.0. The molecule has 0 N–H and O–H groups in total. The largest absolute Gasteiger partial charge is 0.490 e. The van der Waals surface area contributed by atoms with Crippen molar-refractivity contribution in [3.05, 3.63) is 75.5 Å². The average molecular weight is 366 g/mol. The number of nitro groups is 1. The number of carbonyl (C=O) groups excluding carboxylic acids is 1. The van der Waals surface area contributed by atoms with Crippen molar-refractivity contribution in [3.63, 3.8) is 0 Å². The molecule has 0 saturated carbocycles. The van der Waals surface area contributed by atoms with Gasteiger partial charge >= 0.3 is 5.97 Å². The van der Waals surface area contributed by atoms with Crippen LogP contribution in [0.3, 0.4) is 0 Å². The minimum Gasteiger partial charge on any atom is -0.490 e. The zero-order valence-corrected chi connectivity index (χ0v) is 14.9. The number of cyclic esters (lactones) is 1. The van der Waals surface area contributed by atoms with E-state index in [9.17, 15) is 14.9 Å². The summed E-state index contributed by atoms with van der Waals surface area (Å²) in [6.45, 7) is 4.00. The highest BCUT2D eigenvalue weighted by Gasteiger charge is 2.25. The molecule has 2 aromatic rings. The third kappa shape index (κ3) is 4.20. The Morgan fingerprint density at radius 3 is 2.59 bits per heavy atom. The van der Waals surface area contributed by atoms with Crippen molar-refractivity contribution < 1.29 is 19.2 Å². The molecule has 1 heterocycles. The lowest BCUT2D eigenvalue weighted by Crippen LogP contribution is -2.10. The van der Waals surface area contributed by atoms with E-state index in [4.69, 9.17) is 9.47 Å². The van der Waals surface area contributed by atoms with E-state index in [-0.39, 0.29) is 23.4 Å². The van der Waals surface area contributed by atoms with E-state index in [1.807, 2.05) is 38.1 Å². The maximum atomic E-state index is 12.2. The Hall–Kier alpha value is -3.48. The maximum Gasteiger partial charge on any atom is 0.363 e. The summed E-state index contributed by atoms with van der Waals surface area (Å²) in [4.78, 5) is 26.6. The molecular weight excluding hydrogens is 348 g/mol. The fourth-order valence-electron chi connectivity index (χ4n) is 2.41. The van der Waals surface area contributed by atoms with Gasteiger partial charge in [-0.15, -0.1) is 0 Å². The van der Waals surface area contributed by atoms with Gasteiger partial charge in [-0.1, -0.05) is 25.1 Å². The Labute approximate surface area is 156 Å². The number of nitro benzene ring substituents is 1. The number of benzene rings is 2. The number of rotatable bonds is 6. The lowest BCUT2D eigenvalue weighted by atomic mass is 10.1. The first kappa shape index (κ1) is 18.3. The minimum atomic E-state index is -0.582. The lowest BCUT2D eigenvalue weighted by molar-refractivity contribution is -0.384. The van der Waals surface area contributed by atoms with Crippen molar-refractivity contribution in [1.29, 1.82) is 0 Å². The molecule has 1 unspecified atom stereocenters. The summed E-state index contributed by atoms with van der Waals surface area (Å²) in [6.07, 6.45) is 2.51. The molecule has 0 spiro atoms. The Morgan fingerprint density at radius 2 is 1.93 bits per heavy atom. The summed E-state index contributed by atoms with van der Waals surface area (Å²) in [5, 5.41) is 10.7. The van der Waals surface area contributed by atoms with Gasteiger partial charge in [0, 0.05) is 23.3 Å². The zero-order chi connectivity index (χ0) is 19.4. The standard InChI is InChI=1S/C20H18N2O5/c1-3-13(2)26-18-7-5-4-6-15(18)12-17-20(23)27-19(21-17)14-8-10-16(11-9-14)22(24)25/h4-13H,3H2,1-2H3/b17-12-. The molecule has 0 saturated heterocycles. The molecule has 0 bridgehead atoms. The van der Waals surface area contributed by atoms with Crippen LogP contribution in [0.2, 0.25) is 0 Å².